The number of nitrogens with one attached hydrogen (secondary N) is 2. The molecule has 4 atom stereocenters. The first kappa shape index (κ1) is 48.3. The monoisotopic (exact) mass is 915 g/mol. The Kier molecular flexibility index (Phi) is 13.3. The lowest BCUT2D eigenvalue weighted by Crippen LogP contribution is -2.59. The Labute approximate surface area is 376 Å². The van der Waals surface area contributed by atoms with Crippen LogP contribution in [-0.2, 0) is 58.7 Å². The van der Waals surface area contributed by atoms with Crippen LogP contribution < -0.4 is 15.5 Å². The Bertz CT molecular complexity index is 2240. The summed E-state index contributed by atoms with van der Waals surface area (Å²) in [7, 11) is 0. The maximum atomic E-state index is 14.7. The molecule has 3 aliphatic heterocycles. The lowest BCUT2D eigenvalue weighted by Gasteiger charge is -2.37. The van der Waals surface area contributed by atoms with Gasteiger partial charge in [0, 0.05) is 32.1 Å². The Balaban J connectivity index is 1.43. The average Bonchev–Trinajstić information content (AvgIpc) is 3.80. The molecule has 0 bridgehead atoms. The van der Waals surface area contributed by atoms with Gasteiger partial charge in [-0.2, -0.15) is 15.1 Å². The summed E-state index contributed by atoms with van der Waals surface area (Å²) in [6.45, 7) is 19.8. The summed E-state index contributed by atoms with van der Waals surface area (Å²) in [5, 5.41) is 9.88. The molecule has 6 rings (SSSR count). The maximum Gasteiger partial charge on any atom is 0.413 e. The molecular formula is C43H58ClN7O13. The summed E-state index contributed by atoms with van der Waals surface area (Å²) >= 11 is 6.40. The topological polar surface area (TPSA) is 230 Å². The first-order valence-corrected chi connectivity index (χ1v) is 21.3. The smallest absolute Gasteiger partial charge is 0.413 e. The van der Waals surface area contributed by atoms with Gasteiger partial charge in [-0.05, 0) is 112 Å². The van der Waals surface area contributed by atoms with Crippen LogP contribution in [0.3, 0.4) is 0 Å². The van der Waals surface area contributed by atoms with Crippen molar-refractivity contribution in [3.05, 3.63) is 41.3 Å². The lowest BCUT2D eigenvalue weighted by atomic mass is 9.91. The van der Waals surface area contributed by atoms with Crippen molar-refractivity contribution in [3.63, 3.8) is 0 Å². The van der Waals surface area contributed by atoms with E-state index in [2.05, 4.69) is 25.7 Å². The van der Waals surface area contributed by atoms with Crippen LogP contribution in [-0.4, -0.2) is 122 Å². The molecule has 1 aromatic carbocycles. The van der Waals surface area contributed by atoms with Crippen LogP contribution >= 0.6 is 11.6 Å². The number of benzene rings is 1. The van der Waals surface area contributed by atoms with Gasteiger partial charge in [-0.25, -0.2) is 23.9 Å². The molecule has 0 unspecified atom stereocenters. The van der Waals surface area contributed by atoms with Crippen LogP contribution in [0.5, 0.6) is 0 Å². The molecule has 0 saturated carbocycles. The molecule has 0 aliphatic carbocycles. The number of amides is 3. The molecule has 1 spiro atoms. The third-order valence-corrected chi connectivity index (χ3v) is 10.1. The summed E-state index contributed by atoms with van der Waals surface area (Å²) in [6, 6.07) is 6.55. The number of nitrogens with zero attached hydrogens (tertiary/aromatic N) is 5. The molecule has 21 heteroatoms. The minimum absolute atomic E-state index is 0.0274. The summed E-state index contributed by atoms with van der Waals surface area (Å²) < 4.78 is 50.6. The number of aromatic nitrogens is 4. The van der Waals surface area contributed by atoms with Crippen molar-refractivity contribution in [2.24, 2.45) is 0 Å². The molecule has 0 radical (unpaired) electrons. The molecule has 3 aliphatic rings. The van der Waals surface area contributed by atoms with Gasteiger partial charge in [0.2, 0.25) is 5.28 Å². The van der Waals surface area contributed by atoms with E-state index in [0.29, 0.717) is 24.3 Å². The second-order valence-electron chi connectivity index (χ2n) is 19.3. The quantitative estimate of drug-likeness (QED) is 0.101. The number of rotatable bonds is 11. The molecule has 64 heavy (non-hydrogen) atoms. The van der Waals surface area contributed by atoms with Crippen LogP contribution in [0.25, 0.3) is 11.0 Å². The van der Waals surface area contributed by atoms with Crippen molar-refractivity contribution in [1.29, 1.82) is 0 Å². The van der Waals surface area contributed by atoms with Gasteiger partial charge in [0.25, 0.3) is 5.60 Å². The summed E-state index contributed by atoms with van der Waals surface area (Å²) in [5.74, 6) is -4.11. The fourth-order valence-corrected chi connectivity index (χ4v) is 7.62. The highest BCUT2D eigenvalue weighted by Crippen LogP contribution is 2.49. The van der Waals surface area contributed by atoms with Crippen molar-refractivity contribution in [2.45, 2.75) is 148 Å². The van der Waals surface area contributed by atoms with E-state index in [4.69, 9.17) is 49.5 Å². The van der Waals surface area contributed by atoms with E-state index in [1.165, 1.54) is 17.8 Å². The van der Waals surface area contributed by atoms with Crippen LogP contribution in [0.15, 0.2) is 30.5 Å². The maximum absolute atomic E-state index is 14.7. The van der Waals surface area contributed by atoms with Crippen molar-refractivity contribution < 1.29 is 61.9 Å². The molecule has 3 amide bonds. The van der Waals surface area contributed by atoms with E-state index in [1.807, 2.05) is 0 Å². The predicted octanol–water partition coefficient (Wildman–Crippen LogP) is 5.78. The average molecular weight is 916 g/mol. The minimum Gasteiger partial charge on any atom is -0.457 e. The highest BCUT2D eigenvalue weighted by Gasteiger charge is 2.67. The fourth-order valence-electron chi connectivity index (χ4n) is 7.46. The number of hydrogen-bond acceptors (Lipinski definition) is 16. The van der Waals surface area contributed by atoms with Crippen LogP contribution in [0.4, 0.5) is 21.1 Å². The number of ether oxygens (including phenoxy) is 8. The lowest BCUT2D eigenvalue weighted by molar-refractivity contribution is -0.218. The van der Waals surface area contributed by atoms with Gasteiger partial charge in [-0.15, -0.1) is 0 Å². The predicted molar refractivity (Wildman–Crippen MR) is 229 cm³/mol. The van der Waals surface area contributed by atoms with Crippen LogP contribution in [0.1, 0.15) is 101 Å². The fraction of sp³-hybridized carbons (Fsp3) is 0.628. The number of fused-ring (bicyclic) bond motifs is 1. The first-order valence-electron chi connectivity index (χ1n) is 20.9. The highest BCUT2D eigenvalue weighted by molar-refractivity contribution is 6.28. The number of esters is 3. The summed E-state index contributed by atoms with van der Waals surface area (Å²) in [5.41, 5.74) is -6.02. The number of urea groups is 1. The van der Waals surface area contributed by atoms with Gasteiger partial charge in [-0.3, -0.25) is 15.0 Å². The van der Waals surface area contributed by atoms with E-state index >= 15 is 0 Å². The van der Waals surface area contributed by atoms with Gasteiger partial charge in [0.1, 0.15) is 22.9 Å². The zero-order valence-electron chi connectivity index (χ0n) is 38.3. The van der Waals surface area contributed by atoms with Crippen molar-refractivity contribution in [1.82, 2.24) is 25.1 Å². The van der Waals surface area contributed by atoms with E-state index < -0.39 is 82.8 Å². The van der Waals surface area contributed by atoms with Crippen molar-refractivity contribution >= 4 is 64.2 Å². The molecule has 3 fully saturated rings. The van der Waals surface area contributed by atoms with Gasteiger partial charge in [-0.1, -0.05) is 12.1 Å². The number of hydrogen-bond donors (Lipinski definition) is 2. The Morgan fingerprint density at radius 2 is 1.56 bits per heavy atom. The van der Waals surface area contributed by atoms with Gasteiger partial charge < -0.3 is 43.2 Å². The van der Waals surface area contributed by atoms with Crippen molar-refractivity contribution in [3.8, 4) is 0 Å². The second-order valence-corrected chi connectivity index (χ2v) is 19.6. The largest absolute Gasteiger partial charge is 0.457 e. The highest BCUT2D eigenvalue weighted by atomic mass is 35.5. The second kappa shape index (κ2) is 17.7. The molecule has 20 nitrogen and oxygen atoms in total. The third kappa shape index (κ3) is 10.8. The third-order valence-electron chi connectivity index (χ3n) is 9.97. The molecule has 3 aromatic rings. The SMILES string of the molecule is CC(=O)O[C@H]1[C@H](n2ncc3c(NC(=O)OC(C)(C)C)nc(Cl)nc32)O[C@H](COC(Cc2ccc(N3CCCNC3=O)cc2)(C(=O)OC(C)(C)C)C(=O)OC(C)(C)C)[C@]12COC(C)(C)O2. The Morgan fingerprint density at radius 1 is 0.938 bits per heavy atom. The standard InChI is InChI=1S/C43H58ClN7O13/c1-24(52)59-29-32(51-31-27(21-46-51)30(47-35(44)49-31)48-37(56)63-40(8,9)10)60-28(43(29)23-58-41(11,12)64-43)22-57-42(33(53)61-38(2,3)4,34(54)62-39(5,6)7)20-25-14-16-26(17-15-25)50-19-13-18-45-36(50)55/h14-17,21,28-29,32H,13,18-20,22-23H2,1-12H3,(H,45,55)(H,47,48,49,56)/t28-,29+,32-,43-/m1/s1. The Morgan fingerprint density at radius 3 is 2.11 bits per heavy atom. The summed E-state index contributed by atoms with van der Waals surface area (Å²) in [6.07, 6.45) is -3.04. The van der Waals surface area contributed by atoms with Gasteiger partial charge in [0.15, 0.2) is 35.2 Å². The van der Waals surface area contributed by atoms with Gasteiger partial charge in [0.05, 0.1) is 24.8 Å². The van der Waals surface area contributed by atoms with E-state index in [-0.39, 0.29) is 41.2 Å². The minimum atomic E-state index is -2.47. The van der Waals surface area contributed by atoms with Gasteiger partial charge >= 0.3 is 30.0 Å². The molecular weight excluding hydrogens is 858 g/mol. The number of anilines is 2. The van der Waals surface area contributed by atoms with Crippen LogP contribution in [0.2, 0.25) is 5.28 Å². The molecule has 3 saturated heterocycles. The van der Waals surface area contributed by atoms with E-state index in [9.17, 15) is 24.0 Å². The van der Waals surface area contributed by atoms with E-state index in [1.54, 1.807) is 105 Å². The van der Waals surface area contributed by atoms with Crippen molar-refractivity contribution in [2.75, 3.05) is 36.5 Å². The normalized spacial score (nSPS) is 22.6. The number of halogens is 1. The summed E-state index contributed by atoms with van der Waals surface area (Å²) in [4.78, 5) is 77.9. The van der Waals surface area contributed by atoms with Crippen LogP contribution in [0, 0.1) is 0 Å². The zero-order valence-corrected chi connectivity index (χ0v) is 39.0. The number of carbonyl (C=O) groups excluding carboxylic acids is 5. The molecule has 350 valence electrons. The zero-order chi connectivity index (χ0) is 47.2. The molecule has 2 aromatic heterocycles. The molecule has 5 heterocycles. The number of carbonyl (C=O) groups is 5. The first-order chi connectivity index (χ1) is 29.6. The molecule has 2 N–H and O–H groups in total. The Hall–Kier alpha value is -5.15. The van der Waals surface area contributed by atoms with E-state index in [0.717, 1.165) is 6.42 Å².